The minimum absolute atomic E-state index is 0.540. The van der Waals surface area contributed by atoms with E-state index in [1.807, 2.05) is 29.6 Å². The van der Waals surface area contributed by atoms with Gasteiger partial charge in [0.05, 0.1) is 0 Å². The molecule has 0 amide bonds. The SMILES string of the molecule is CCNc1ccc(OCc2nccs2)cc1. The molecule has 0 aliphatic rings. The molecule has 0 atom stereocenters. The van der Waals surface area contributed by atoms with Gasteiger partial charge in [-0.2, -0.15) is 0 Å². The molecule has 1 N–H and O–H groups in total. The Morgan fingerprint density at radius 3 is 2.75 bits per heavy atom. The first-order chi connectivity index (χ1) is 7.88. The third-order valence-corrected chi connectivity index (χ3v) is 2.83. The summed E-state index contributed by atoms with van der Waals surface area (Å²) in [7, 11) is 0. The molecule has 2 rings (SSSR count). The molecule has 84 valence electrons. The maximum atomic E-state index is 5.60. The van der Waals surface area contributed by atoms with Gasteiger partial charge in [0.15, 0.2) is 0 Å². The number of ether oxygens (including phenoxy) is 1. The Hall–Kier alpha value is -1.55. The lowest BCUT2D eigenvalue weighted by molar-refractivity contribution is 0.305. The average molecular weight is 234 g/mol. The van der Waals surface area contributed by atoms with Crippen molar-refractivity contribution in [2.75, 3.05) is 11.9 Å². The van der Waals surface area contributed by atoms with Gasteiger partial charge >= 0.3 is 0 Å². The first-order valence-electron chi connectivity index (χ1n) is 5.23. The van der Waals surface area contributed by atoms with Crippen molar-refractivity contribution in [3.63, 3.8) is 0 Å². The molecule has 16 heavy (non-hydrogen) atoms. The molecular formula is C12H14N2OS. The van der Waals surface area contributed by atoms with E-state index in [0.29, 0.717) is 6.61 Å². The molecule has 0 radical (unpaired) electrons. The molecule has 0 unspecified atom stereocenters. The van der Waals surface area contributed by atoms with Crippen molar-refractivity contribution < 1.29 is 4.74 Å². The van der Waals surface area contributed by atoms with E-state index >= 15 is 0 Å². The van der Waals surface area contributed by atoms with Gasteiger partial charge in [-0.05, 0) is 31.2 Å². The van der Waals surface area contributed by atoms with Gasteiger partial charge in [-0.15, -0.1) is 11.3 Å². The molecule has 1 aromatic heterocycles. The zero-order valence-corrected chi connectivity index (χ0v) is 9.96. The second kappa shape index (κ2) is 5.51. The molecule has 0 spiro atoms. The summed E-state index contributed by atoms with van der Waals surface area (Å²) in [5, 5.41) is 6.19. The molecule has 3 nitrogen and oxygen atoms in total. The van der Waals surface area contributed by atoms with Crippen LogP contribution in [0.15, 0.2) is 35.8 Å². The molecule has 4 heteroatoms. The van der Waals surface area contributed by atoms with Crippen molar-refractivity contribution in [1.29, 1.82) is 0 Å². The minimum atomic E-state index is 0.540. The number of thiazole rings is 1. The Balaban J connectivity index is 1.90. The summed E-state index contributed by atoms with van der Waals surface area (Å²) in [5.74, 6) is 0.872. The van der Waals surface area contributed by atoms with Crippen molar-refractivity contribution in [1.82, 2.24) is 4.98 Å². The average Bonchev–Trinajstić information content (AvgIpc) is 2.82. The molecule has 0 bridgehead atoms. The van der Waals surface area contributed by atoms with Crippen LogP contribution in [0.1, 0.15) is 11.9 Å². The Labute approximate surface area is 99.1 Å². The van der Waals surface area contributed by atoms with Crippen LogP contribution in [-0.4, -0.2) is 11.5 Å². The quantitative estimate of drug-likeness (QED) is 0.863. The molecule has 1 aromatic carbocycles. The highest BCUT2D eigenvalue weighted by Gasteiger charge is 1.98. The molecule has 2 aromatic rings. The van der Waals surface area contributed by atoms with E-state index in [4.69, 9.17) is 4.74 Å². The van der Waals surface area contributed by atoms with Crippen molar-refractivity contribution >= 4 is 17.0 Å². The molecule has 0 saturated carbocycles. The molecule has 0 aliphatic heterocycles. The standard InChI is InChI=1S/C12H14N2OS/c1-2-13-10-3-5-11(6-4-10)15-9-12-14-7-8-16-12/h3-8,13H,2,9H2,1H3. The van der Waals surface area contributed by atoms with Crippen LogP contribution in [0, 0.1) is 0 Å². The molecule has 0 saturated heterocycles. The Kier molecular flexibility index (Phi) is 3.77. The first kappa shape index (κ1) is 11.0. The molecule has 0 fully saturated rings. The summed E-state index contributed by atoms with van der Waals surface area (Å²) >= 11 is 1.60. The number of hydrogen-bond acceptors (Lipinski definition) is 4. The van der Waals surface area contributed by atoms with Gasteiger partial charge in [0.1, 0.15) is 17.4 Å². The lowest BCUT2D eigenvalue weighted by Crippen LogP contribution is -1.97. The van der Waals surface area contributed by atoms with Crippen LogP contribution in [-0.2, 0) is 6.61 Å². The van der Waals surface area contributed by atoms with Crippen LogP contribution in [0.2, 0.25) is 0 Å². The van der Waals surface area contributed by atoms with Crippen molar-refractivity contribution in [2.24, 2.45) is 0 Å². The zero-order valence-electron chi connectivity index (χ0n) is 9.14. The highest BCUT2D eigenvalue weighted by atomic mass is 32.1. The highest BCUT2D eigenvalue weighted by molar-refractivity contribution is 7.09. The fourth-order valence-electron chi connectivity index (χ4n) is 1.34. The van der Waals surface area contributed by atoms with Crippen LogP contribution < -0.4 is 10.1 Å². The second-order valence-electron chi connectivity index (χ2n) is 3.27. The fourth-order valence-corrected chi connectivity index (χ4v) is 1.87. The smallest absolute Gasteiger partial charge is 0.140 e. The van der Waals surface area contributed by atoms with Gasteiger partial charge in [0.2, 0.25) is 0 Å². The van der Waals surface area contributed by atoms with Crippen LogP contribution in [0.3, 0.4) is 0 Å². The molecular weight excluding hydrogens is 220 g/mol. The largest absolute Gasteiger partial charge is 0.486 e. The van der Waals surface area contributed by atoms with E-state index in [2.05, 4.69) is 17.2 Å². The monoisotopic (exact) mass is 234 g/mol. The number of nitrogens with zero attached hydrogens (tertiary/aromatic N) is 1. The van der Waals surface area contributed by atoms with Gasteiger partial charge in [-0.3, -0.25) is 0 Å². The van der Waals surface area contributed by atoms with E-state index in [-0.39, 0.29) is 0 Å². The number of benzene rings is 1. The minimum Gasteiger partial charge on any atom is -0.486 e. The van der Waals surface area contributed by atoms with Gasteiger partial charge in [-0.1, -0.05) is 0 Å². The molecule has 0 aliphatic carbocycles. The summed E-state index contributed by atoms with van der Waals surface area (Å²) in [4.78, 5) is 4.16. The third kappa shape index (κ3) is 2.97. The summed E-state index contributed by atoms with van der Waals surface area (Å²) in [6.07, 6.45) is 1.79. The van der Waals surface area contributed by atoms with Crippen LogP contribution >= 0.6 is 11.3 Å². The van der Waals surface area contributed by atoms with Crippen LogP contribution in [0.4, 0.5) is 5.69 Å². The zero-order chi connectivity index (χ0) is 11.2. The summed E-state index contributed by atoms with van der Waals surface area (Å²) in [5.41, 5.74) is 1.11. The molecule has 1 heterocycles. The summed E-state index contributed by atoms with van der Waals surface area (Å²) in [6, 6.07) is 7.96. The predicted molar refractivity (Wildman–Crippen MR) is 67.1 cm³/mol. The first-order valence-corrected chi connectivity index (χ1v) is 6.11. The van der Waals surface area contributed by atoms with E-state index in [0.717, 1.165) is 23.0 Å². The number of anilines is 1. The number of aromatic nitrogens is 1. The normalized spacial score (nSPS) is 10.1. The Morgan fingerprint density at radius 2 is 2.12 bits per heavy atom. The predicted octanol–water partition coefficient (Wildman–Crippen LogP) is 3.15. The third-order valence-electron chi connectivity index (χ3n) is 2.08. The van der Waals surface area contributed by atoms with Crippen molar-refractivity contribution in [3.05, 3.63) is 40.8 Å². The van der Waals surface area contributed by atoms with Gasteiger partial charge < -0.3 is 10.1 Å². The van der Waals surface area contributed by atoms with Crippen molar-refractivity contribution in [3.8, 4) is 5.75 Å². The fraction of sp³-hybridized carbons (Fsp3) is 0.250. The van der Waals surface area contributed by atoms with Crippen LogP contribution in [0.25, 0.3) is 0 Å². The summed E-state index contributed by atoms with van der Waals surface area (Å²) in [6.45, 7) is 3.55. The maximum Gasteiger partial charge on any atom is 0.140 e. The van der Waals surface area contributed by atoms with Crippen molar-refractivity contribution in [2.45, 2.75) is 13.5 Å². The van der Waals surface area contributed by atoms with E-state index < -0.39 is 0 Å². The Morgan fingerprint density at radius 1 is 1.31 bits per heavy atom. The van der Waals surface area contributed by atoms with Gasteiger partial charge in [0, 0.05) is 23.8 Å². The van der Waals surface area contributed by atoms with E-state index in [1.165, 1.54) is 0 Å². The number of hydrogen-bond donors (Lipinski definition) is 1. The maximum absolute atomic E-state index is 5.60. The lowest BCUT2D eigenvalue weighted by atomic mass is 10.3. The lowest BCUT2D eigenvalue weighted by Gasteiger charge is -2.06. The second-order valence-corrected chi connectivity index (χ2v) is 4.25. The van der Waals surface area contributed by atoms with E-state index in [1.54, 1.807) is 17.5 Å². The van der Waals surface area contributed by atoms with Gasteiger partial charge in [-0.25, -0.2) is 4.98 Å². The number of nitrogens with one attached hydrogen (secondary N) is 1. The summed E-state index contributed by atoms with van der Waals surface area (Å²) < 4.78 is 5.60. The Bertz CT molecular complexity index is 411. The van der Waals surface area contributed by atoms with Crippen LogP contribution in [0.5, 0.6) is 5.75 Å². The highest BCUT2D eigenvalue weighted by Crippen LogP contribution is 2.17. The topological polar surface area (TPSA) is 34.1 Å². The van der Waals surface area contributed by atoms with E-state index in [9.17, 15) is 0 Å². The van der Waals surface area contributed by atoms with Gasteiger partial charge in [0.25, 0.3) is 0 Å². The number of rotatable bonds is 5.